The molecular formula is C21H15F3IN5O3. The fraction of sp³-hybridized carbons (Fsp3) is 0.143. The van der Waals surface area contributed by atoms with Gasteiger partial charge in [-0.2, -0.15) is 13.2 Å². The third kappa shape index (κ3) is 4.55. The van der Waals surface area contributed by atoms with Crippen LogP contribution in [-0.2, 0) is 6.18 Å². The molecule has 0 radical (unpaired) electrons. The molecule has 4 rings (SSSR count). The average molecular weight is 569 g/mol. The number of fused-ring (bicyclic) bond motifs is 1. The third-order valence-electron chi connectivity index (χ3n) is 4.63. The minimum atomic E-state index is -4.73. The molecule has 0 saturated heterocycles. The normalized spacial score (nSPS) is 11.5. The van der Waals surface area contributed by atoms with Crippen LogP contribution in [-0.4, -0.2) is 39.6 Å². The van der Waals surface area contributed by atoms with Crippen molar-refractivity contribution in [2.24, 2.45) is 0 Å². The second-order valence-corrected chi connectivity index (χ2v) is 7.93. The summed E-state index contributed by atoms with van der Waals surface area (Å²) in [5.74, 6) is -0.961. The number of methoxy groups -OCH3 is 2. The van der Waals surface area contributed by atoms with Gasteiger partial charge in [-0.1, -0.05) is 0 Å². The van der Waals surface area contributed by atoms with Gasteiger partial charge in [0.15, 0.2) is 11.6 Å². The molecule has 0 atom stereocenters. The number of amides is 1. The van der Waals surface area contributed by atoms with E-state index in [9.17, 15) is 18.0 Å². The highest BCUT2D eigenvalue weighted by atomic mass is 127. The molecule has 2 aromatic heterocycles. The van der Waals surface area contributed by atoms with Crippen molar-refractivity contribution in [2.75, 3.05) is 19.5 Å². The van der Waals surface area contributed by atoms with Crippen LogP contribution >= 0.6 is 22.6 Å². The lowest BCUT2D eigenvalue weighted by Crippen LogP contribution is -2.16. The first-order chi connectivity index (χ1) is 15.7. The topological polar surface area (TPSA) is 91.2 Å². The maximum absolute atomic E-state index is 13.7. The van der Waals surface area contributed by atoms with Crippen molar-refractivity contribution in [1.82, 2.24) is 19.5 Å². The number of rotatable bonds is 5. The number of halogens is 4. The Hall–Kier alpha value is -3.42. The largest absolute Gasteiger partial charge is 0.497 e. The Labute approximate surface area is 198 Å². The number of nitrogens with one attached hydrogen (secondary N) is 1. The SMILES string of the molecule is COc1ccc2c(c1)nc(C(F)(F)F)n2-c1cnc(NC(=O)c2cc(I)ccc2OC)cn1. The van der Waals surface area contributed by atoms with Crippen molar-refractivity contribution < 1.29 is 27.4 Å². The average Bonchev–Trinajstić information content (AvgIpc) is 3.19. The predicted molar refractivity (Wildman–Crippen MR) is 122 cm³/mol. The van der Waals surface area contributed by atoms with E-state index in [1.54, 1.807) is 18.2 Å². The highest BCUT2D eigenvalue weighted by Gasteiger charge is 2.38. The summed E-state index contributed by atoms with van der Waals surface area (Å²) >= 11 is 2.06. The first-order valence-corrected chi connectivity index (χ1v) is 10.4. The number of imidazole rings is 1. The molecule has 0 aliphatic heterocycles. The van der Waals surface area contributed by atoms with Gasteiger partial charge in [0.1, 0.15) is 11.5 Å². The van der Waals surface area contributed by atoms with Crippen LogP contribution in [0, 0.1) is 3.57 Å². The summed E-state index contributed by atoms with van der Waals surface area (Å²) in [6.45, 7) is 0. The molecule has 0 fully saturated rings. The molecule has 8 nitrogen and oxygen atoms in total. The zero-order valence-electron chi connectivity index (χ0n) is 17.1. The molecule has 12 heteroatoms. The molecule has 2 aromatic carbocycles. The summed E-state index contributed by atoms with van der Waals surface area (Å²) < 4.78 is 52.9. The van der Waals surface area contributed by atoms with E-state index < -0.39 is 17.9 Å². The van der Waals surface area contributed by atoms with E-state index in [2.05, 4.69) is 42.9 Å². The zero-order chi connectivity index (χ0) is 23.8. The van der Waals surface area contributed by atoms with Crippen LogP contribution in [0.5, 0.6) is 11.5 Å². The van der Waals surface area contributed by atoms with Crippen LogP contribution in [0.4, 0.5) is 19.0 Å². The minimum Gasteiger partial charge on any atom is -0.497 e. The summed E-state index contributed by atoms with van der Waals surface area (Å²) in [5, 5.41) is 2.57. The van der Waals surface area contributed by atoms with Gasteiger partial charge in [-0.15, -0.1) is 0 Å². The highest BCUT2D eigenvalue weighted by Crippen LogP contribution is 2.34. The fourth-order valence-electron chi connectivity index (χ4n) is 3.15. The first kappa shape index (κ1) is 22.8. The second-order valence-electron chi connectivity index (χ2n) is 6.68. The number of ether oxygens (including phenoxy) is 2. The number of anilines is 1. The quantitative estimate of drug-likeness (QED) is 0.351. The van der Waals surface area contributed by atoms with Crippen LogP contribution < -0.4 is 14.8 Å². The maximum atomic E-state index is 13.7. The Morgan fingerprint density at radius 2 is 1.85 bits per heavy atom. The van der Waals surface area contributed by atoms with Crippen molar-refractivity contribution in [3.63, 3.8) is 0 Å². The lowest BCUT2D eigenvalue weighted by atomic mass is 10.2. The summed E-state index contributed by atoms with van der Waals surface area (Å²) in [6, 6.07) is 9.46. The minimum absolute atomic E-state index is 0.0595. The molecule has 0 bridgehead atoms. The first-order valence-electron chi connectivity index (χ1n) is 9.32. The van der Waals surface area contributed by atoms with E-state index in [1.807, 2.05) is 0 Å². The molecule has 0 saturated carbocycles. The van der Waals surface area contributed by atoms with Gasteiger partial charge in [-0.25, -0.2) is 15.0 Å². The van der Waals surface area contributed by atoms with Crippen LogP contribution in [0.2, 0.25) is 0 Å². The van der Waals surface area contributed by atoms with Crippen molar-refractivity contribution in [2.45, 2.75) is 6.18 Å². The van der Waals surface area contributed by atoms with Gasteiger partial charge in [0.05, 0.1) is 43.2 Å². The fourth-order valence-corrected chi connectivity index (χ4v) is 3.64. The Bertz CT molecular complexity index is 1340. The van der Waals surface area contributed by atoms with E-state index in [0.717, 1.165) is 14.3 Å². The molecule has 2 heterocycles. The van der Waals surface area contributed by atoms with Gasteiger partial charge in [0, 0.05) is 9.64 Å². The van der Waals surface area contributed by atoms with Gasteiger partial charge in [-0.3, -0.25) is 9.36 Å². The Morgan fingerprint density at radius 1 is 1.06 bits per heavy atom. The summed E-state index contributed by atoms with van der Waals surface area (Å²) in [7, 11) is 2.85. The van der Waals surface area contributed by atoms with E-state index >= 15 is 0 Å². The molecule has 170 valence electrons. The Kier molecular flexibility index (Phi) is 6.10. The molecular weight excluding hydrogens is 554 g/mol. The van der Waals surface area contributed by atoms with E-state index in [4.69, 9.17) is 9.47 Å². The second kappa shape index (κ2) is 8.84. The summed E-state index contributed by atoms with van der Waals surface area (Å²) in [5.41, 5.74) is 0.550. The van der Waals surface area contributed by atoms with Gasteiger partial charge in [-0.05, 0) is 52.9 Å². The van der Waals surface area contributed by atoms with Crippen molar-refractivity contribution in [1.29, 1.82) is 0 Å². The van der Waals surface area contributed by atoms with E-state index in [-0.39, 0.29) is 28.2 Å². The Balaban J connectivity index is 1.69. The highest BCUT2D eigenvalue weighted by molar-refractivity contribution is 14.1. The van der Waals surface area contributed by atoms with Crippen molar-refractivity contribution in [3.05, 3.63) is 63.7 Å². The summed E-state index contributed by atoms with van der Waals surface area (Å²) in [4.78, 5) is 24.5. The summed E-state index contributed by atoms with van der Waals surface area (Å²) in [6.07, 6.45) is -2.44. The number of hydrogen-bond acceptors (Lipinski definition) is 6. The van der Waals surface area contributed by atoms with E-state index in [0.29, 0.717) is 11.5 Å². The number of hydrogen-bond donors (Lipinski definition) is 1. The van der Waals surface area contributed by atoms with Gasteiger partial charge in [0.2, 0.25) is 5.82 Å². The zero-order valence-corrected chi connectivity index (χ0v) is 19.3. The number of benzene rings is 2. The van der Waals surface area contributed by atoms with Gasteiger partial charge in [0.25, 0.3) is 5.91 Å². The van der Waals surface area contributed by atoms with E-state index in [1.165, 1.54) is 38.6 Å². The molecule has 0 unspecified atom stereocenters. The molecule has 0 aliphatic rings. The molecule has 1 amide bonds. The molecule has 0 spiro atoms. The van der Waals surface area contributed by atoms with Crippen LogP contribution in [0.15, 0.2) is 48.8 Å². The lowest BCUT2D eigenvalue weighted by molar-refractivity contribution is -0.145. The van der Waals surface area contributed by atoms with Crippen molar-refractivity contribution in [3.8, 4) is 17.3 Å². The number of carbonyl (C=O) groups is 1. The molecule has 0 aliphatic carbocycles. The number of nitrogens with zero attached hydrogens (tertiary/aromatic N) is 4. The standard InChI is InChI=1S/C21H15F3IN5O3/c1-32-12-4-5-15-14(8-12)28-20(21(22,23)24)30(15)18-10-26-17(9-27-18)29-19(31)13-7-11(25)3-6-16(13)33-2/h3-10H,1-2H3,(H,26,29,31). The monoisotopic (exact) mass is 569 g/mol. The van der Waals surface area contributed by atoms with Crippen LogP contribution in [0.1, 0.15) is 16.2 Å². The van der Waals surface area contributed by atoms with Crippen molar-refractivity contribution >= 4 is 45.3 Å². The van der Waals surface area contributed by atoms with Crippen LogP contribution in [0.3, 0.4) is 0 Å². The number of aromatic nitrogens is 4. The number of carbonyl (C=O) groups excluding carboxylic acids is 1. The molecule has 1 N–H and O–H groups in total. The predicted octanol–water partition coefficient (Wildman–Crippen LogP) is 4.71. The number of alkyl halides is 3. The lowest BCUT2D eigenvalue weighted by Gasteiger charge is -2.12. The smallest absolute Gasteiger partial charge is 0.450 e. The third-order valence-corrected chi connectivity index (χ3v) is 5.30. The van der Waals surface area contributed by atoms with Gasteiger partial charge >= 0.3 is 6.18 Å². The molecule has 4 aromatic rings. The van der Waals surface area contributed by atoms with Crippen LogP contribution in [0.25, 0.3) is 16.9 Å². The Morgan fingerprint density at radius 3 is 2.48 bits per heavy atom. The van der Waals surface area contributed by atoms with Gasteiger partial charge < -0.3 is 14.8 Å². The maximum Gasteiger partial charge on any atom is 0.450 e. The molecule has 33 heavy (non-hydrogen) atoms.